The van der Waals surface area contributed by atoms with Crippen LogP contribution in [0, 0.1) is 0 Å². The number of hydrogen-bond donors (Lipinski definition) is 2. The van der Waals surface area contributed by atoms with E-state index < -0.39 is 6.03 Å². The zero-order chi connectivity index (χ0) is 10.7. The van der Waals surface area contributed by atoms with Crippen molar-refractivity contribution in [3.8, 4) is 0 Å². The van der Waals surface area contributed by atoms with Gasteiger partial charge in [0.25, 0.3) is 0 Å². The Bertz CT molecular complexity index is 342. The van der Waals surface area contributed by atoms with Gasteiger partial charge in [0.15, 0.2) is 0 Å². The van der Waals surface area contributed by atoms with Gasteiger partial charge in [-0.3, -0.25) is 5.32 Å². The second kappa shape index (κ2) is 4.29. The lowest BCUT2D eigenvalue weighted by Gasteiger charge is -2.20. The van der Waals surface area contributed by atoms with E-state index in [1.807, 2.05) is 4.68 Å². The molecular formula is C9H15N5O. The van der Waals surface area contributed by atoms with E-state index in [4.69, 9.17) is 5.73 Å². The lowest BCUT2D eigenvalue weighted by Crippen LogP contribution is -2.20. The number of carbonyl (C=O) groups excluding carboxylic acids is 1. The molecule has 1 saturated carbocycles. The molecular weight excluding hydrogens is 194 g/mol. The Balaban J connectivity index is 2.02. The molecule has 6 heteroatoms. The van der Waals surface area contributed by atoms with Crippen LogP contribution < -0.4 is 11.1 Å². The monoisotopic (exact) mass is 209 g/mol. The number of nitrogens with two attached hydrogens (primary N) is 1. The lowest BCUT2D eigenvalue weighted by atomic mass is 9.96. The average molecular weight is 209 g/mol. The van der Waals surface area contributed by atoms with E-state index in [0.29, 0.717) is 6.04 Å². The van der Waals surface area contributed by atoms with Gasteiger partial charge in [-0.2, -0.15) is 0 Å². The predicted octanol–water partition coefficient (Wildman–Crippen LogP) is 1.27. The summed E-state index contributed by atoms with van der Waals surface area (Å²) in [6.45, 7) is 0. The molecule has 0 radical (unpaired) electrons. The molecule has 0 unspecified atom stereocenters. The van der Waals surface area contributed by atoms with Crippen LogP contribution in [0.4, 0.5) is 10.7 Å². The van der Waals surface area contributed by atoms with Crippen LogP contribution in [0.2, 0.25) is 0 Å². The van der Waals surface area contributed by atoms with E-state index in [0.717, 1.165) is 12.8 Å². The largest absolute Gasteiger partial charge is 0.351 e. The second-order valence-corrected chi connectivity index (χ2v) is 3.83. The fourth-order valence-corrected chi connectivity index (χ4v) is 1.96. The molecule has 0 aliphatic heterocycles. The van der Waals surface area contributed by atoms with Crippen LogP contribution in [0.3, 0.4) is 0 Å². The summed E-state index contributed by atoms with van der Waals surface area (Å²) in [5.74, 6) is 0.285. The van der Waals surface area contributed by atoms with Crippen LogP contribution in [-0.2, 0) is 0 Å². The number of amides is 2. The summed E-state index contributed by atoms with van der Waals surface area (Å²) in [5.41, 5.74) is 4.97. The first-order chi connectivity index (χ1) is 7.25. The van der Waals surface area contributed by atoms with E-state index in [9.17, 15) is 4.79 Å². The number of anilines is 1. The fraction of sp³-hybridized carbons (Fsp3) is 0.667. The van der Waals surface area contributed by atoms with E-state index in [2.05, 4.69) is 15.4 Å². The maximum Gasteiger partial charge on any atom is 0.319 e. The summed E-state index contributed by atoms with van der Waals surface area (Å²) >= 11 is 0. The smallest absolute Gasteiger partial charge is 0.319 e. The van der Waals surface area contributed by atoms with Crippen molar-refractivity contribution in [2.24, 2.45) is 5.73 Å². The molecule has 1 heterocycles. The molecule has 2 rings (SSSR count). The molecule has 1 aliphatic rings. The van der Waals surface area contributed by atoms with Gasteiger partial charge in [0.2, 0.25) is 5.95 Å². The Hall–Kier alpha value is -1.59. The van der Waals surface area contributed by atoms with Gasteiger partial charge in [-0.05, 0) is 12.8 Å². The average Bonchev–Trinajstić information content (AvgIpc) is 2.67. The SMILES string of the molecule is NC(=O)Nc1ncn(C2CCCCC2)n1. The van der Waals surface area contributed by atoms with Gasteiger partial charge in [-0.1, -0.05) is 19.3 Å². The molecule has 1 aromatic heterocycles. The highest BCUT2D eigenvalue weighted by Gasteiger charge is 2.16. The van der Waals surface area contributed by atoms with Gasteiger partial charge in [0, 0.05) is 0 Å². The van der Waals surface area contributed by atoms with Crippen molar-refractivity contribution in [3.05, 3.63) is 6.33 Å². The Labute approximate surface area is 87.9 Å². The Morgan fingerprint density at radius 1 is 1.47 bits per heavy atom. The van der Waals surface area contributed by atoms with E-state index >= 15 is 0 Å². The molecule has 82 valence electrons. The molecule has 15 heavy (non-hydrogen) atoms. The summed E-state index contributed by atoms with van der Waals surface area (Å²) in [6.07, 6.45) is 7.71. The second-order valence-electron chi connectivity index (χ2n) is 3.83. The Morgan fingerprint density at radius 3 is 2.87 bits per heavy atom. The van der Waals surface area contributed by atoms with E-state index in [-0.39, 0.29) is 5.95 Å². The number of nitrogens with one attached hydrogen (secondary N) is 1. The van der Waals surface area contributed by atoms with Gasteiger partial charge < -0.3 is 5.73 Å². The molecule has 0 saturated heterocycles. The summed E-state index contributed by atoms with van der Waals surface area (Å²) in [7, 11) is 0. The quantitative estimate of drug-likeness (QED) is 0.769. The van der Waals surface area contributed by atoms with Crippen molar-refractivity contribution in [2.45, 2.75) is 38.1 Å². The van der Waals surface area contributed by atoms with Crippen LogP contribution in [0.1, 0.15) is 38.1 Å². The van der Waals surface area contributed by atoms with Gasteiger partial charge in [0.05, 0.1) is 6.04 Å². The molecule has 0 bridgehead atoms. The summed E-state index contributed by atoms with van der Waals surface area (Å²) < 4.78 is 1.82. The van der Waals surface area contributed by atoms with Crippen molar-refractivity contribution < 1.29 is 4.79 Å². The number of aromatic nitrogens is 3. The minimum absolute atomic E-state index is 0.285. The highest BCUT2D eigenvalue weighted by molar-refractivity contribution is 5.85. The van der Waals surface area contributed by atoms with Crippen molar-refractivity contribution in [3.63, 3.8) is 0 Å². The molecule has 1 aromatic rings. The van der Waals surface area contributed by atoms with Crippen molar-refractivity contribution in [2.75, 3.05) is 5.32 Å². The number of carbonyl (C=O) groups is 1. The molecule has 0 atom stereocenters. The number of nitrogens with zero attached hydrogens (tertiary/aromatic N) is 3. The van der Waals surface area contributed by atoms with Crippen LogP contribution in [-0.4, -0.2) is 20.8 Å². The fourth-order valence-electron chi connectivity index (χ4n) is 1.96. The normalized spacial score (nSPS) is 17.6. The van der Waals surface area contributed by atoms with Crippen molar-refractivity contribution in [1.82, 2.24) is 14.8 Å². The van der Waals surface area contributed by atoms with Gasteiger partial charge in [-0.25, -0.2) is 14.5 Å². The maximum absolute atomic E-state index is 10.6. The van der Waals surface area contributed by atoms with Crippen molar-refractivity contribution in [1.29, 1.82) is 0 Å². The summed E-state index contributed by atoms with van der Waals surface area (Å²) in [6, 6.07) is -0.203. The third-order valence-electron chi connectivity index (χ3n) is 2.69. The Morgan fingerprint density at radius 2 is 2.20 bits per heavy atom. The number of rotatable bonds is 2. The van der Waals surface area contributed by atoms with E-state index in [1.165, 1.54) is 19.3 Å². The topological polar surface area (TPSA) is 85.8 Å². The molecule has 0 aromatic carbocycles. The first-order valence-corrected chi connectivity index (χ1v) is 5.23. The molecule has 1 aliphatic carbocycles. The first kappa shape index (κ1) is 9.95. The predicted molar refractivity (Wildman–Crippen MR) is 55.4 cm³/mol. The van der Waals surface area contributed by atoms with Crippen LogP contribution in [0.25, 0.3) is 0 Å². The zero-order valence-corrected chi connectivity index (χ0v) is 8.52. The molecule has 1 fully saturated rings. The zero-order valence-electron chi connectivity index (χ0n) is 8.52. The lowest BCUT2D eigenvalue weighted by molar-refractivity contribution is 0.259. The summed E-state index contributed by atoms with van der Waals surface area (Å²) in [5, 5.41) is 6.53. The van der Waals surface area contributed by atoms with Gasteiger partial charge in [-0.15, -0.1) is 5.10 Å². The number of hydrogen-bond acceptors (Lipinski definition) is 3. The number of primary amides is 1. The third kappa shape index (κ3) is 2.45. The van der Waals surface area contributed by atoms with Crippen LogP contribution in [0.5, 0.6) is 0 Å². The van der Waals surface area contributed by atoms with E-state index in [1.54, 1.807) is 6.33 Å². The summed E-state index contributed by atoms with van der Waals surface area (Å²) in [4.78, 5) is 14.5. The highest BCUT2D eigenvalue weighted by atomic mass is 16.2. The minimum atomic E-state index is -0.628. The number of urea groups is 1. The highest BCUT2D eigenvalue weighted by Crippen LogP contribution is 2.27. The van der Waals surface area contributed by atoms with Crippen molar-refractivity contribution >= 4 is 12.0 Å². The molecule has 2 amide bonds. The molecule has 6 nitrogen and oxygen atoms in total. The first-order valence-electron chi connectivity index (χ1n) is 5.23. The third-order valence-corrected chi connectivity index (χ3v) is 2.69. The van der Waals surface area contributed by atoms with Crippen LogP contribution >= 0.6 is 0 Å². The molecule has 3 N–H and O–H groups in total. The maximum atomic E-state index is 10.6. The Kier molecular flexibility index (Phi) is 2.84. The minimum Gasteiger partial charge on any atom is -0.351 e. The van der Waals surface area contributed by atoms with Gasteiger partial charge in [0.1, 0.15) is 6.33 Å². The van der Waals surface area contributed by atoms with Gasteiger partial charge >= 0.3 is 6.03 Å². The standard InChI is InChI=1S/C9H15N5O/c10-8(15)12-9-11-6-14(13-9)7-4-2-1-3-5-7/h6-7H,1-5H2,(H3,10,12,13,15). The molecule has 0 spiro atoms. The van der Waals surface area contributed by atoms with Crippen LogP contribution in [0.15, 0.2) is 6.33 Å².